The molecule has 7 heteroatoms. The zero-order valence-corrected chi connectivity index (χ0v) is 14.4. The van der Waals surface area contributed by atoms with Gasteiger partial charge in [-0.25, -0.2) is 4.98 Å². The van der Waals surface area contributed by atoms with Gasteiger partial charge < -0.3 is 10.1 Å². The highest BCUT2D eigenvalue weighted by molar-refractivity contribution is 8.00. The minimum Gasteiger partial charge on any atom is -0.383 e. The summed E-state index contributed by atoms with van der Waals surface area (Å²) in [6, 6.07) is 7.22. The molecule has 6 nitrogen and oxygen atoms in total. The molecule has 1 amide bonds. The molecule has 0 unspecified atom stereocenters. The first-order valence-electron chi connectivity index (χ1n) is 7.51. The molecular formula is C16H21N3O3S. The molecule has 1 atom stereocenters. The summed E-state index contributed by atoms with van der Waals surface area (Å²) in [5.74, 6) is -0.0711. The van der Waals surface area contributed by atoms with E-state index in [1.807, 2.05) is 19.1 Å². The number of ether oxygens (including phenoxy) is 1. The van der Waals surface area contributed by atoms with Gasteiger partial charge in [0.1, 0.15) is 0 Å². The van der Waals surface area contributed by atoms with Crippen LogP contribution in [-0.2, 0) is 16.1 Å². The summed E-state index contributed by atoms with van der Waals surface area (Å²) in [6.45, 7) is 5.06. The van der Waals surface area contributed by atoms with Crippen LogP contribution in [0.2, 0.25) is 0 Å². The van der Waals surface area contributed by atoms with Crippen LogP contribution in [0.5, 0.6) is 0 Å². The van der Waals surface area contributed by atoms with Gasteiger partial charge in [-0.05, 0) is 26.0 Å². The fourth-order valence-electron chi connectivity index (χ4n) is 2.15. The fourth-order valence-corrected chi connectivity index (χ4v) is 3.11. The highest BCUT2D eigenvalue weighted by atomic mass is 32.2. The van der Waals surface area contributed by atoms with E-state index in [0.717, 1.165) is 0 Å². The van der Waals surface area contributed by atoms with Crippen LogP contribution >= 0.6 is 11.8 Å². The predicted octanol–water partition coefficient (Wildman–Crippen LogP) is 1.66. The molecule has 0 saturated heterocycles. The third-order valence-corrected chi connectivity index (χ3v) is 4.44. The number of para-hydroxylation sites is 1. The Morgan fingerprint density at radius 3 is 2.87 bits per heavy atom. The number of hydrogen-bond acceptors (Lipinski definition) is 5. The van der Waals surface area contributed by atoms with Crippen LogP contribution in [-0.4, -0.2) is 41.0 Å². The zero-order chi connectivity index (χ0) is 16.8. The molecule has 1 aromatic carbocycles. The van der Waals surface area contributed by atoms with Gasteiger partial charge in [0, 0.05) is 13.7 Å². The zero-order valence-electron chi connectivity index (χ0n) is 13.5. The van der Waals surface area contributed by atoms with E-state index in [4.69, 9.17) is 4.74 Å². The van der Waals surface area contributed by atoms with Gasteiger partial charge in [0.2, 0.25) is 5.91 Å². The quantitative estimate of drug-likeness (QED) is 0.615. The van der Waals surface area contributed by atoms with Crippen LogP contribution in [0.15, 0.2) is 34.2 Å². The van der Waals surface area contributed by atoms with Crippen molar-refractivity contribution in [3.05, 3.63) is 34.6 Å². The van der Waals surface area contributed by atoms with Gasteiger partial charge in [0.15, 0.2) is 5.16 Å². The van der Waals surface area contributed by atoms with Crippen molar-refractivity contribution >= 4 is 28.6 Å². The summed E-state index contributed by atoms with van der Waals surface area (Å²) in [7, 11) is 1.59. The largest absolute Gasteiger partial charge is 0.383 e. The maximum absolute atomic E-state index is 12.7. The van der Waals surface area contributed by atoms with E-state index in [0.29, 0.717) is 35.8 Å². The van der Waals surface area contributed by atoms with Crippen LogP contribution in [0.3, 0.4) is 0 Å². The Morgan fingerprint density at radius 2 is 2.17 bits per heavy atom. The van der Waals surface area contributed by atoms with E-state index in [-0.39, 0.29) is 16.7 Å². The minimum atomic E-state index is -0.336. The smallest absolute Gasteiger partial charge is 0.262 e. The first kappa shape index (κ1) is 17.5. The monoisotopic (exact) mass is 335 g/mol. The summed E-state index contributed by atoms with van der Waals surface area (Å²) < 4.78 is 6.66. The Balaban J connectivity index is 2.43. The first-order valence-corrected chi connectivity index (χ1v) is 8.39. The molecular weight excluding hydrogens is 314 g/mol. The number of thioether (sulfide) groups is 1. The Labute approximate surface area is 139 Å². The highest BCUT2D eigenvalue weighted by Crippen LogP contribution is 2.22. The van der Waals surface area contributed by atoms with E-state index in [2.05, 4.69) is 10.3 Å². The lowest BCUT2D eigenvalue weighted by Gasteiger charge is -2.15. The lowest BCUT2D eigenvalue weighted by Crippen LogP contribution is -2.32. The Bertz CT molecular complexity index is 745. The van der Waals surface area contributed by atoms with E-state index in [1.165, 1.54) is 11.8 Å². The second-order valence-electron chi connectivity index (χ2n) is 5.02. The summed E-state index contributed by atoms with van der Waals surface area (Å²) >= 11 is 1.28. The third kappa shape index (κ3) is 4.11. The summed E-state index contributed by atoms with van der Waals surface area (Å²) in [4.78, 5) is 29.2. The number of hydrogen-bond donors (Lipinski definition) is 1. The number of rotatable bonds is 7. The maximum Gasteiger partial charge on any atom is 0.262 e. The van der Waals surface area contributed by atoms with E-state index >= 15 is 0 Å². The van der Waals surface area contributed by atoms with E-state index < -0.39 is 0 Å². The van der Waals surface area contributed by atoms with Crippen molar-refractivity contribution in [2.75, 3.05) is 20.3 Å². The van der Waals surface area contributed by atoms with Crippen LogP contribution in [0.25, 0.3) is 10.9 Å². The van der Waals surface area contributed by atoms with E-state index in [1.54, 1.807) is 30.7 Å². The Kier molecular flexibility index (Phi) is 6.18. The summed E-state index contributed by atoms with van der Waals surface area (Å²) in [6.07, 6.45) is 0. The van der Waals surface area contributed by atoms with Crippen LogP contribution < -0.4 is 10.9 Å². The molecule has 23 heavy (non-hydrogen) atoms. The second kappa shape index (κ2) is 8.12. The van der Waals surface area contributed by atoms with Crippen molar-refractivity contribution in [2.24, 2.45) is 0 Å². The van der Waals surface area contributed by atoms with Crippen molar-refractivity contribution in [3.8, 4) is 0 Å². The van der Waals surface area contributed by atoms with Crippen molar-refractivity contribution < 1.29 is 9.53 Å². The minimum absolute atomic E-state index is 0.0711. The standard InChI is InChI=1S/C16H21N3O3S/c1-4-17-14(20)11(2)23-16-18-13-8-6-5-7-12(13)15(21)19(16)9-10-22-3/h5-8,11H,4,9-10H2,1-3H3,(H,17,20)/t11-/m0/s1. The molecule has 1 heterocycles. The van der Waals surface area contributed by atoms with Gasteiger partial charge in [-0.2, -0.15) is 0 Å². The fraction of sp³-hybridized carbons (Fsp3) is 0.438. The molecule has 0 fully saturated rings. The van der Waals surface area contributed by atoms with E-state index in [9.17, 15) is 9.59 Å². The van der Waals surface area contributed by atoms with Crippen LogP contribution in [0.1, 0.15) is 13.8 Å². The lowest BCUT2D eigenvalue weighted by atomic mass is 10.2. The number of fused-ring (bicyclic) bond motifs is 1. The van der Waals surface area contributed by atoms with Crippen molar-refractivity contribution in [3.63, 3.8) is 0 Å². The highest BCUT2D eigenvalue weighted by Gasteiger charge is 2.18. The van der Waals surface area contributed by atoms with Crippen LogP contribution in [0.4, 0.5) is 0 Å². The molecule has 0 aliphatic heterocycles. The molecule has 0 aliphatic rings. The Hall–Kier alpha value is -1.86. The molecule has 2 rings (SSSR count). The lowest BCUT2D eigenvalue weighted by molar-refractivity contribution is -0.120. The van der Waals surface area contributed by atoms with Gasteiger partial charge in [0.05, 0.1) is 29.3 Å². The normalized spacial score (nSPS) is 12.3. The van der Waals surface area contributed by atoms with Crippen molar-refractivity contribution in [2.45, 2.75) is 30.8 Å². The molecule has 0 radical (unpaired) electrons. The van der Waals surface area contributed by atoms with Gasteiger partial charge >= 0.3 is 0 Å². The molecule has 1 N–H and O–H groups in total. The number of amides is 1. The SMILES string of the molecule is CCNC(=O)[C@H](C)Sc1nc2ccccc2c(=O)n1CCOC. The van der Waals surface area contributed by atoms with Crippen LogP contribution in [0, 0.1) is 0 Å². The van der Waals surface area contributed by atoms with Gasteiger partial charge in [-0.15, -0.1) is 0 Å². The maximum atomic E-state index is 12.7. The number of nitrogens with one attached hydrogen (secondary N) is 1. The molecule has 0 aliphatic carbocycles. The van der Waals surface area contributed by atoms with Gasteiger partial charge in [-0.3, -0.25) is 14.2 Å². The number of benzene rings is 1. The molecule has 2 aromatic rings. The molecule has 124 valence electrons. The van der Waals surface area contributed by atoms with Crippen molar-refractivity contribution in [1.29, 1.82) is 0 Å². The number of nitrogens with zero attached hydrogens (tertiary/aromatic N) is 2. The molecule has 0 spiro atoms. The predicted molar refractivity (Wildman–Crippen MR) is 91.9 cm³/mol. The molecule has 0 bridgehead atoms. The average Bonchev–Trinajstić information content (AvgIpc) is 2.55. The molecule has 1 aromatic heterocycles. The van der Waals surface area contributed by atoms with Gasteiger partial charge in [0.25, 0.3) is 5.56 Å². The second-order valence-corrected chi connectivity index (χ2v) is 6.32. The van der Waals surface area contributed by atoms with Crippen molar-refractivity contribution in [1.82, 2.24) is 14.9 Å². The van der Waals surface area contributed by atoms with Gasteiger partial charge in [-0.1, -0.05) is 23.9 Å². The number of carbonyl (C=O) groups excluding carboxylic acids is 1. The molecule has 0 saturated carbocycles. The summed E-state index contributed by atoms with van der Waals surface area (Å²) in [5.41, 5.74) is 0.523. The number of aromatic nitrogens is 2. The summed E-state index contributed by atoms with van der Waals surface area (Å²) in [5, 5.41) is 3.54. The topological polar surface area (TPSA) is 73.2 Å². The number of carbonyl (C=O) groups is 1. The third-order valence-electron chi connectivity index (χ3n) is 3.35. The first-order chi connectivity index (χ1) is 11.1. The Morgan fingerprint density at radius 1 is 1.43 bits per heavy atom. The number of methoxy groups -OCH3 is 1. The average molecular weight is 335 g/mol.